The molecule has 3 N–H and O–H groups in total. The number of primary amides is 1. The molecule has 0 aromatic carbocycles. The Hall–Kier alpha value is -0.380. The molecule has 1 unspecified atom stereocenters. The number of urea groups is 1. The smallest absolute Gasteiger partial charge is 0.312 e. The van der Waals surface area contributed by atoms with Crippen molar-refractivity contribution >= 4 is 18.7 Å². The number of carbonyl (C=O) groups is 1. The molecule has 1 radical (unpaired) electrons. The number of nitrogens with two attached hydrogens (primary N) is 1. The van der Waals surface area contributed by atoms with Crippen LogP contribution in [0.15, 0.2) is 0 Å². The number of nitrogens with one attached hydrogen (secondary N) is 1. The van der Waals surface area contributed by atoms with Crippen molar-refractivity contribution in [2.45, 2.75) is 25.3 Å². The normalized spacial score (nSPS) is 12.5. The Labute approximate surface area is 73.1 Å². The fraction of sp³-hybridized carbons (Fsp3) is 0.714. The Morgan fingerprint density at radius 2 is 2.36 bits per heavy atom. The number of carbonyl (C=O) groups excluding carboxylic acids is 1. The maximum Gasteiger partial charge on any atom is 0.312 e. The molecule has 0 saturated heterocycles. The van der Waals surface area contributed by atoms with Gasteiger partial charge in [0.2, 0.25) is 0 Å². The first kappa shape index (κ1) is 10.6. The lowest BCUT2D eigenvalue weighted by Crippen LogP contribution is -2.38. The molecule has 0 aliphatic rings. The van der Waals surface area contributed by atoms with Crippen molar-refractivity contribution in [3.8, 4) is 0 Å². The lowest BCUT2D eigenvalue weighted by atomic mass is 10.1. The summed E-state index contributed by atoms with van der Waals surface area (Å²) in [5.74, 6) is 0.830. The van der Waals surface area contributed by atoms with Crippen LogP contribution in [-0.4, -0.2) is 17.8 Å². The lowest BCUT2D eigenvalue weighted by molar-refractivity contribution is 0.244. The summed E-state index contributed by atoms with van der Waals surface area (Å²) in [6.45, 7) is 3.70. The summed E-state index contributed by atoms with van der Waals surface area (Å²) in [6.07, 6.45) is 2.55. The molecule has 0 fully saturated rings. The van der Waals surface area contributed by atoms with Crippen LogP contribution in [0.3, 0.4) is 0 Å². The number of amides is 2. The van der Waals surface area contributed by atoms with Crippen LogP contribution in [0, 0.1) is 6.92 Å². The molecule has 0 saturated carbocycles. The van der Waals surface area contributed by atoms with E-state index in [1.54, 1.807) is 0 Å². The van der Waals surface area contributed by atoms with Crippen molar-refractivity contribution in [1.29, 1.82) is 0 Å². The van der Waals surface area contributed by atoms with Crippen molar-refractivity contribution in [1.82, 2.24) is 5.32 Å². The highest BCUT2D eigenvalue weighted by atomic mass is 32.1. The minimum Gasteiger partial charge on any atom is -0.352 e. The number of thiol groups is 1. The van der Waals surface area contributed by atoms with E-state index in [2.05, 4.69) is 24.9 Å². The molecule has 0 bridgehead atoms. The minimum absolute atomic E-state index is 0.111. The molecule has 3 nitrogen and oxygen atoms in total. The summed E-state index contributed by atoms with van der Waals surface area (Å²) >= 11 is 4.06. The molecule has 0 aliphatic carbocycles. The first-order valence-electron chi connectivity index (χ1n) is 3.66. The van der Waals surface area contributed by atoms with Gasteiger partial charge in [-0.25, -0.2) is 4.79 Å². The third-order valence-electron chi connectivity index (χ3n) is 1.41. The Kier molecular flexibility index (Phi) is 6.12. The van der Waals surface area contributed by atoms with Crippen LogP contribution in [-0.2, 0) is 0 Å². The van der Waals surface area contributed by atoms with Gasteiger partial charge in [-0.05, 0) is 25.0 Å². The highest BCUT2D eigenvalue weighted by Gasteiger charge is 2.05. The Bertz CT molecular complexity index is 119. The van der Waals surface area contributed by atoms with Gasteiger partial charge in [0, 0.05) is 6.04 Å². The van der Waals surface area contributed by atoms with Crippen LogP contribution in [0.4, 0.5) is 4.79 Å². The van der Waals surface area contributed by atoms with E-state index >= 15 is 0 Å². The molecule has 11 heavy (non-hydrogen) atoms. The van der Waals surface area contributed by atoms with E-state index in [1.807, 2.05) is 0 Å². The second-order valence-corrected chi connectivity index (χ2v) is 2.81. The van der Waals surface area contributed by atoms with Gasteiger partial charge in [0.1, 0.15) is 0 Å². The molecule has 0 aliphatic heterocycles. The van der Waals surface area contributed by atoms with E-state index in [0.717, 1.165) is 18.6 Å². The first-order chi connectivity index (χ1) is 5.20. The fourth-order valence-electron chi connectivity index (χ4n) is 0.828. The number of hydrogen-bond acceptors (Lipinski definition) is 2. The van der Waals surface area contributed by atoms with Crippen LogP contribution in [0.2, 0.25) is 0 Å². The lowest BCUT2D eigenvalue weighted by Gasteiger charge is -2.13. The molecular weight excluding hydrogens is 160 g/mol. The van der Waals surface area contributed by atoms with Gasteiger partial charge in [0.25, 0.3) is 0 Å². The Balaban J connectivity index is 3.49. The maximum absolute atomic E-state index is 10.4. The second kappa shape index (κ2) is 6.34. The Morgan fingerprint density at radius 3 is 2.73 bits per heavy atom. The molecule has 0 aromatic rings. The summed E-state index contributed by atoms with van der Waals surface area (Å²) < 4.78 is 0. The monoisotopic (exact) mass is 175 g/mol. The van der Waals surface area contributed by atoms with Crippen LogP contribution in [0.1, 0.15) is 19.3 Å². The predicted molar refractivity (Wildman–Crippen MR) is 49.6 cm³/mol. The fourth-order valence-corrected chi connectivity index (χ4v) is 1.01. The first-order valence-corrected chi connectivity index (χ1v) is 4.30. The molecule has 0 heterocycles. The van der Waals surface area contributed by atoms with Crippen molar-refractivity contribution in [3.05, 3.63) is 6.92 Å². The van der Waals surface area contributed by atoms with Crippen LogP contribution in [0.5, 0.6) is 0 Å². The second-order valence-electron chi connectivity index (χ2n) is 2.36. The predicted octanol–water partition coefficient (Wildman–Crippen LogP) is 0.957. The molecule has 0 aromatic heterocycles. The largest absolute Gasteiger partial charge is 0.352 e. The zero-order valence-corrected chi connectivity index (χ0v) is 7.44. The van der Waals surface area contributed by atoms with Gasteiger partial charge in [-0.2, -0.15) is 12.6 Å². The summed E-state index contributed by atoms with van der Waals surface area (Å²) in [4.78, 5) is 10.4. The van der Waals surface area contributed by atoms with E-state index in [-0.39, 0.29) is 6.04 Å². The number of rotatable bonds is 5. The van der Waals surface area contributed by atoms with Gasteiger partial charge in [0.15, 0.2) is 0 Å². The van der Waals surface area contributed by atoms with Gasteiger partial charge in [-0.3, -0.25) is 0 Å². The Morgan fingerprint density at radius 1 is 1.73 bits per heavy atom. The molecule has 65 valence electrons. The number of hydrogen-bond donors (Lipinski definition) is 3. The average molecular weight is 175 g/mol. The maximum atomic E-state index is 10.4. The van der Waals surface area contributed by atoms with Crippen molar-refractivity contribution in [3.63, 3.8) is 0 Å². The van der Waals surface area contributed by atoms with Gasteiger partial charge in [0.05, 0.1) is 0 Å². The topological polar surface area (TPSA) is 55.1 Å². The summed E-state index contributed by atoms with van der Waals surface area (Å²) in [5, 5.41) is 2.61. The van der Waals surface area contributed by atoms with E-state index in [1.165, 1.54) is 0 Å². The summed E-state index contributed by atoms with van der Waals surface area (Å²) in [7, 11) is 0. The third-order valence-corrected chi connectivity index (χ3v) is 1.72. The van der Waals surface area contributed by atoms with Crippen molar-refractivity contribution in [2.75, 3.05) is 5.75 Å². The molecule has 1 atom stereocenters. The minimum atomic E-state index is -0.474. The van der Waals surface area contributed by atoms with E-state index in [4.69, 9.17) is 5.73 Å². The average Bonchev–Trinajstić information content (AvgIpc) is 1.97. The summed E-state index contributed by atoms with van der Waals surface area (Å²) in [5.41, 5.74) is 4.94. The quantitative estimate of drug-likeness (QED) is 0.535. The van der Waals surface area contributed by atoms with Crippen molar-refractivity contribution < 1.29 is 4.79 Å². The van der Waals surface area contributed by atoms with Gasteiger partial charge >= 0.3 is 6.03 Å². The molecule has 0 spiro atoms. The zero-order chi connectivity index (χ0) is 8.69. The van der Waals surface area contributed by atoms with Gasteiger partial charge < -0.3 is 11.1 Å². The van der Waals surface area contributed by atoms with E-state index < -0.39 is 6.03 Å². The third kappa shape index (κ3) is 6.04. The SMILES string of the molecule is [CH2]CC(CCCS)NC(N)=O. The van der Waals surface area contributed by atoms with Gasteiger partial charge in [-0.1, -0.05) is 6.92 Å². The molecule has 0 rings (SSSR count). The molecular formula is C7H15N2OS. The van der Waals surface area contributed by atoms with Crippen LogP contribution in [0.25, 0.3) is 0 Å². The van der Waals surface area contributed by atoms with Crippen LogP contribution >= 0.6 is 12.6 Å². The zero-order valence-electron chi connectivity index (χ0n) is 6.55. The van der Waals surface area contributed by atoms with Gasteiger partial charge in [-0.15, -0.1) is 0 Å². The molecule has 4 heteroatoms. The standard InChI is InChI=1S/C7H15N2OS/c1-2-6(4-3-5-11)9-7(8)10/h6,11H,1-5H2,(H3,8,9,10). The van der Waals surface area contributed by atoms with E-state index in [0.29, 0.717) is 6.42 Å². The van der Waals surface area contributed by atoms with Crippen LogP contribution < -0.4 is 11.1 Å². The van der Waals surface area contributed by atoms with E-state index in [9.17, 15) is 4.79 Å². The highest BCUT2D eigenvalue weighted by molar-refractivity contribution is 7.80. The summed E-state index contributed by atoms with van der Waals surface area (Å²) in [6, 6.07) is -0.363. The van der Waals surface area contributed by atoms with Crippen molar-refractivity contribution in [2.24, 2.45) is 5.73 Å². The molecule has 2 amide bonds. The highest BCUT2D eigenvalue weighted by Crippen LogP contribution is 2.01.